The Hall–Kier alpha value is -1.54. The van der Waals surface area contributed by atoms with Crippen molar-refractivity contribution in [3.05, 3.63) is 6.07 Å². The molecule has 1 unspecified atom stereocenters. The fraction of sp³-hybridized carbons (Fsp3) is 0.286. The number of carboxylic acids is 1. The van der Waals surface area contributed by atoms with Gasteiger partial charge >= 0.3 is 5.97 Å². The summed E-state index contributed by atoms with van der Waals surface area (Å²) in [4.78, 5) is 18.2. The van der Waals surface area contributed by atoms with Gasteiger partial charge < -0.3 is 22.3 Å². The first-order valence-electron chi connectivity index (χ1n) is 4.00. The molecule has 1 heterocycles. The number of thioether (sulfide) groups is 1. The topological polar surface area (TPSA) is 141 Å². The molecule has 0 spiro atoms. The van der Waals surface area contributed by atoms with Crippen molar-refractivity contribution in [2.45, 2.75) is 11.2 Å². The number of hydrogen-bond donors (Lipinski definition) is 4. The highest BCUT2D eigenvalue weighted by atomic mass is 32.2. The highest BCUT2D eigenvalue weighted by molar-refractivity contribution is 7.99. The highest BCUT2D eigenvalue weighted by Crippen LogP contribution is 2.16. The molecular formula is C7H11N5O2S. The summed E-state index contributed by atoms with van der Waals surface area (Å²) in [5.74, 6) is -0.416. The fourth-order valence-electron chi connectivity index (χ4n) is 0.762. The quantitative estimate of drug-likeness (QED) is 0.386. The SMILES string of the molecule is Nc1cc(N)nc(SCC(N)C(=O)O)n1. The van der Waals surface area contributed by atoms with E-state index in [2.05, 4.69) is 9.97 Å². The number of carbonyl (C=O) groups is 1. The van der Waals surface area contributed by atoms with Crippen molar-refractivity contribution >= 4 is 29.4 Å². The van der Waals surface area contributed by atoms with Gasteiger partial charge in [0.05, 0.1) is 0 Å². The third kappa shape index (κ3) is 3.60. The predicted octanol–water partition coefficient (Wildman–Crippen LogP) is -0.855. The number of nitrogen functional groups attached to an aromatic ring is 2. The second-order valence-electron chi connectivity index (χ2n) is 2.76. The molecule has 1 aromatic heterocycles. The van der Waals surface area contributed by atoms with Crippen LogP contribution in [-0.4, -0.2) is 32.8 Å². The Balaban J connectivity index is 2.61. The van der Waals surface area contributed by atoms with Gasteiger partial charge in [0.2, 0.25) is 0 Å². The molecular weight excluding hydrogens is 218 g/mol. The molecule has 0 bridgehead atoms. The smallest absolute Gasteiger partial charge is 0.321 e. The van der Waals surface area contributed by atoms with Gasteiger partial charge in [-0.25, -0.2) is 9.97 Å². The summed E-state index contributed by atoms with van der Waals surface area (Å²) >= 11 is 1.10. The molecule has 0 aromatic carbocycles. The molecule has 0 saturated carbocycles. The van der Waals surface area contributed by atoms with Crippen molar-refractivity contribution in [3.8, 4) is 0 Å². The zero-order valence-corrected chi connectivity index (χ0v) is 8.57. The molecule has 0 radical (unpaired) electrons. The van der Waals surface area contributed by atoms with Gasteiger partial charge in [-0.05, 0) is 0 Å². The zero-order chi connectivity index (χ0) is 11.4. The van der Waals surface area contributed by atoms with E-state index in [0.29, 0.717) is 5.16 Å². The van der Waals surface area contributed by atoms with E-state index < -0.39 is 12.0 Å². The van der Waals surface area contributed by atoms with Gasteiger partial charge in [0.1, 0.15) is 17.7 Å². The van der Waals surface area contributed by atoms with E-state index in [1.54, 1.807) is 0 Å². The third-order valence-electron chi connectivity index (χ3n) is 1.45. The molecule has 82 valence electrons. The van der Waals surface area contributed by atoms with Crippen molar-refractivity contribution in [1.82, 2.24) is 9.97 Å². The fourth-order valence-corrected chi connectivity index (χ4v) is 1.57. The third-order valence-corrected chi connectivity index (χ3v) is 2.42. The van der Waals surface area contributed by atoms with E-state index >= 15 is 0 Å². The molecule has 15 heavy (non-hydrogen) atoms. The molecule has 7 N–H and O–H groups in total. The minimum Gasteiger partial charge on any atom is -0.480 e. The molecule has 0 aliphatic carbocycles. The van der Waals surface area contributed by atoms with Gasteiger partial charge in [-0.2, -0.15) is 0 Å². The number of aromatic nitrogens is 2. The lowest BCUT2D eigenvalue weighted by molar-refractivity contribution is -0.137. The van der Waals surface area contributed by atoms with Gasteiger partial charge in [-0.3, -0.25) is 4.79 Å². The number of nitrogens with zero attached hydrogens (tertiary/aromatic N) is 2. The summed E-state index contributed by atoms with van der Waals surface area (Å²) < 4.78 is 0. The summed E-state index contributed by atoms with van der Waals surface area (Å²) in [6, 6.07) is 0.461. The summed E-state index contributed by atoms with van der Waals surface area (Å²) in [7, 11) is 0. The molecule has 1 aromatic rings. The Bertz CT molecular complexity index is 352. The Morgan fingerprint density at radius 3 is 2.47 bits per heavy atom. The first-order valence-corrected chi connectivity index (χ1v) is 4.99. The van der Waals surface area contributed by atoms with Crippen molar-refractivity contribution < 1.29 is 9.90 Å². The average Bonchev–Trinajstić information content (AvgIpc) is 2.12. The van der Waals surface area contributed by atoms with Gasteiger partial charge in [-0.15, -0.1) is 0 Å². The summed E-state index contributed by atoms with van der Waals surface area (Å²) in [5, 5.41) is 8.86. The van der Waals surface area contributed by atoms with E-state index in [9.17, 15) is 4.79 Å². The first kappa shape index (κ1) is 11.5. The number of anilines is 2. The standard InChI is InChI=1S/C7H11N5O2S/c8-3(6(13)14)2-15-7-11-4(9)1-5(10)12-7/h1,3H,2,8H2,(H,13,14)(H4,9,10,11,12). The van der Waals surface area contributed by atoms with Crippen LogP contribution >= 0.6 is 11.8 Å². The van der Waals surface area contributed by atoms with Crippen LogP contribution in [0.1, 0.15) is 0 Å². The second-order valence-corrected chi connectivity index (χ2v) is 3.74. The Kier molecular flexibility index (Phi) is 3.69. The Labute approximate surface area is 90.1 Å². The molecule has 1 rings (SSSR count). The maximum Gasteiger partial charge on any atom is 0.321 e. The van der Waals surface area contributed by atoms with Crippen molar-refractivity contribution in [2.24, 2.45) is 5.73 Å². The summed E-state index contributed by atoms with van der Waals surface area (Å²) in [5.41, 5.74) is 16.2. The molecule has 8 heteroatoms. The van der Waals surface area contributed by atoms with Crippen LogP contribution in [0.3, 0.4) is 0 Å². The van der Waals surface area contributed by atoms with Crippen LogP contribution < -0.4 is 17.2 Å². The van der Waals surface area contributed by atoms with Crippen LogP contribution in [-0.2, 0) is 4.79 Å². The zero-order valence-electron chi connectivity index (χ0n) is 7.75. The van der Waals surface area contributed by atoms with Crippen LogP contribution in [0.25, 0.3) is 0 Å². The van der Waals surface area contributed by atoms with E-state index in [1.165, 1.54) is 6.07 Å². The number of nitrogens with two attached hydrogens (primary N) is 3. The van der Waals surface area contributed by atoms with E-state index in [4.69, 9.17) is 22.3 Å². The summed E-state index contributed by atoms with van der Waals surface area (Å²) in [6.07, 6.45) is 0. The van der Waals surface area contributed by atoms with Crippen LogP contribution in [0.4, 0.5) is 11.6 Å². The maximum absolute atomic E-state index is 10.4. The van der Waals surface area contributed by atoms with Gasteiger partial charge in [0.25, 0.3) is 0 Å². The van der Waals surface area contributed by atoms with Crippen molar-refractivity contribution in [2.75, 3.05) is 17.2 Å². The number of aliphatic carboxylic acids is 1. The lowest BCUT2D eigenvalue weighted by atomic mass is 10.4. The number of carboxylic acid groups (broad SMARTS) is 1. The lowest BCUT2D eigenvalue weighted by Gasteiger charge is -2.05. The second kappa shape index (κ2) is 4.80. The lowest BCUT2D eigenvalue weighted by Crippen LogP contribution is -2.32. The number of hydrogen-bond acceptors (Lipinski definition) is 7. The van der Waals surface area contributed by atoms with E-state index in [0.717, 1.165) is 11.8 Å². The Morgan fingerprint density at radius 1 is 1.47 bits per heavy atom. The van der Waals surface area contributed by atoms with Gasteiger partial charge in [-0.1, -0.05) is 11.8 Å². The molecule has 0 aliphatic heterocycles. The van der Waals surface area contributed by atoms with Crippen LogP contribution in [0.2, 0.25) is 0 Å². The van der Waals surface area contributed by atoms with E-state index in [1.807, 2.05) is 0 Å². The van der Waals surface area contributed by atoms with Crippen molar-refractivity contribution in [3.63, 3.8) is 0 Å². The molecule has 7 nitrogen and oxygen atoms in total. The Morgan fingerprint density at radius 2 is 2.00 bits per heavy atom. The summed E-state index contributed by atoms with van der Waals surface area (Å²) in [6.45, 7) is 0. The van der Waals surface area contributed by atoms with Gasteiger partial charge in [0, 0.05) is 11.8 Å². The maximum atomic E-state index is 10.4. The van der Waals surface area contributed by atoms with Crippen LogP contribution in [0.5, 0.6) is 0 Å². The monoisotopic (exact) mass is 229 g/mol. The number of rotatable bonds is 4. The minimum atomic E-state index is -1.07. The van der Waals surface area contributed by atoms with Crippen molar-refractivity contribution in [1.29, 1.82) is 0 Å². The van der Waals surface area contributed by atoms with Gasteiger partial charge in [0.15, 0.2) is 5.16 Å². The minimum absolute atomic E-state index is 0.165. The average molecular weight is 229 g/mol. The highest BCUT2D eigenvalue weighted by Gasteiger charge is 2.12. The molecule has 0 saturated heterocycles. The van der Waals surface area contributed by atoms with Crippen LogP contribution in [0, 0.1) is 0 Å². The molecule has 1 atom stereocenters. The normalized spacial score (nSPS) is 12.3. The molecule has 0 amide bonds. The molecule has 0 fully saturated rings. The van der Waals surface area contributed by atoms with Crippen LogP contribution in [0.15, 0.2) is 11.2 Å². The molecule has 0 aliphatic rings. The first-order chi connectivity index (χ1) is 6.99. The predicted molar refractivity (Wildman–Crippen MR) is 57.2 cm³/mol. The largest absolute Gasteiger partial charge is 0.480 e. The van der Waals surface area contributed by atoms with E-state index in [-0.39, 0.29) is 17.4 Å².